The molecule has 0 unspecified atom stereocenters. The summed E-state index contributed by atoms with van der Waals surface area (Å²) in [6.07, 6.45) is 0. The van der Waals surface area contributed by atoms with Gasteiger partial charge in [0.25, 0.3) is 0 Å². The molecule has 3 aromatic carbocycles. The van der Waals surface area contributed by atoms with Crippen molar-refractivity contribution in [2.24, 2.45) is 0 Å². The van der Waals surface area contributed by atoms with Crippen molar-refractivity contribution in [1.82, 2.24) is 25.5 Å². The van der Waals surface area contributed by atoms with Crippen LogP contribution in [0.5, 0.6) is 11.5 Å². The van der Waals surface area contributed by atoms with E-state index in [4.69, 9.17) is 21.1 Å². The highest BCUT2D eigenvalue weighted by Crippen LogP contribution is 2.33. The van der Waals surface area contributed by atoms with E-state index in [1.807, 2.05) is 79.7 Å². The number of benzene rings is 3. The number of ether oxygens (including phenoxy) is 2. The molecular weight excluding hydrogens is 470 g/mol. The number of hydrogen-bond acceptors (Lipinski definition) is 7. The lowest BCUT2D eigenvalue weighted by Gasteiger charge is -2.17. The van der Waals surface area contributed by atoms with E-state index in [9.17, 15) is 0 Å². The van der Waals surface area contributed by atoms with Gasteiger partial charge in [-0.25, -0.2) is 0 Å². The third kappa shape index (κ3) is 6.28. The summed E-state index contributed by atoms with van der Waals surface area (Å²) < 4.78 is 13.7. The first-order chi connectivity index (χ1) is 16.8. The number of para-hydroxylation sites is 2. The van der Waals surface area contributed by atoms with Crippen molar-refractivity contribution in [1.29, 1.82) is 0 Å². The highest BCUT2D eigenvalue weighted by Gasteiger charge is 2.13. The van der Waals surface area contributed by atoms with Gasteiger partial charge in [0.2, 0.25) is 5.16 Å². The summed E-state index contributed by atoms with van der Waals surface area (Å²) in [5, 5.41) is 17.0. The van der Waals surface area contributed by atoms with E-state index in [0.717, 1.165) is 45.8 Å². The number of nitrogens with zero attached hydrogens (tertiary/aromatic N) is 4. The first-order valence-electron chi connectivity index (χ1n) is 11.0. The van der Waals surface area contributed by atoms with E-state index >= 15 is 0 Å². The van der Waals surface area contributed by atoms with E-state index < -0.39 is 0 Å². The summed E-state index contributed by atoms with van der Waals surface area (Å²) in [4.78, 5) is 0. The highest BCUT2D eigenvalue weighted by atomic mass is 35.5. The van der Waals surface area contributed by atoms with Crippen LogP contribution in [0.25, 0.3) is 5.69 Å². The molecule has 7 nitrogen and oxygen atoms in total. The molecule has 0 saturated heterocycles. The van der Waals surface area contributed by atoms with Gasteiger partial charge in [-0.05, 0) is 41.6 Å². The minimum atomic E-state index is 0.370. The topological polar surface area (TPSA) is 74.1 Å². The van der Waals surface area contributed by atoms with Crippen molar-refractivity contribution >= 4 is 23.4 Å². The second-order valence-electron chi connectivity index (χ2n) is 7.29. The summed E-state index contributed by atoms with van der Waals surface area (Å²) in [5.41, 5.74) is 2.90. The van der Waals surface area contributed by atoms with Crippen molar-refractivity contribution in [2.45, 2.75) is 25.2 Å². The SMILES string of the molecule is CCOc1cccc(CNCCSc2nnnn2-c2ccccc2)c1OCc1ccccc1Cl. The molecule has 0 aliphatic carbocycles. The van der Waals surface area contributed by atoms with Crippen LogP contribution in [0, 0.1) is 0 Å². The molecule has 9 heteroatoms. The standard InChI is InChI=1S/C25H26ClN5O2S/c1-2-32-23-14-8-10-19(24(23)33-18-20-9-6-7-13-22(20)26)17-27-15-16-34-25-28-29-30-31(25)21-11-4-3-5-12-21/h3-14,27H,2,15-18H2,1H3. The molecule has 1 N–H and O–H groups in total. The van der Waals surface area contributed by atoms with Crippen LogP contribution >= 0.6 is 23.4 Å². The van der Waals surface area contributed by atoms with Crippen LogP contribution < -0.4 is 14.8 Å². The molecule has 0 atom stereocenters. The molecule has 176 valence electrons. The first-order valence-corrected chi connectivity index (χ1v) is 12.4. The van der Waals surface area contributed by atoms with Gasteiger partial charge in [0.1, 0.15) is 6.61 Å². The summed E-state index contributed by atoms with van der Waals surface area (Å²) in [6.45, 7) is 4.31. The Morgan fingerprint density at radius 3 is 2.56 bits per heavy atom. The van der Waals surface area contributed by atoms with Crippen molar-refractivity contribution in [2.75, 3.05) is 18.9 Å². The molecule has 0 fully saturated rings. The average Bonchev–Trinajstić information content (AvgIpc) is 3.33. The molecule has 4 aromatic rings. The lowest BCUT2D eigenvalue weighted by atomic mass is 10.1. The van der Waals surface area contributed by atoms with Gasteiger partial charge in [0.05, 0.1) is 12.3 Å². The van der Waals surface area contributed by atoms with Crippen LogP contribution in [-0.4, -0.2) is 39.1 Å². The lowest BCUT2D eigenvalue weighted by molar-refractivity contribution is 0.266. The Labute approximate surface area is 208 Å². The Bertz CT molecular complexity index is 1190. The minimum absolute atomic E-state index is 0.370. The Morgan fingerprint density at radius 1 is 0.941 bits per heavy atom. The van der Waals surface area contributed by atoms with Crippen molar-refractivity contribution in [3.63, 3.8) is 0 Å². The largest absolute Gasteiger partial charge is 0.490 e. The Kier molecular flexibility index (Phi) is 8.78. The summed E-state index contributed by atoms with van der Waals surface area (Å²) >= 11 is 7.90. The normalized spacial score (nSPS) is 10.9. The predicted octanol–water partition coefficient (Wildman–Crippen LogP) is 5.18. The van der Waals surface area contributed by atoms with Gasteiger partial charge >= 0.3 is 0 Å². The van der Waals surface area contributed by atoms with Gasteiger partial charge in [0, 0.05) is 35.0 Å². The Morgan fingerprint density at radius 2 is 1.74 bits per heavy atom. The Hall–Kier alpha value is -3.07. The number of nitrogens with one attached hydrogen (secondary N) is 1. The number of halogens is 1. The molecule has 0 spiro atoms. The van der Waals surface area contributed by atoms with E-state index in [1.54, 1.807) is 16.4 Å². The van der Waals surface area contributed by atoms with Crippen molar-refractivity contribution in [3.05, 3.63) is 88.9 Å². The van der Waals surface area contributed by atoms with Gasteiger partial charge < -0.3 is 14.8 Å². The van der Waals surface area contributed by atoms with Gasteiger partial charge in [-0.3, -0.25) is 0 Å². The van der Waals surface area contributed by atoms with E-state index in [2.05, 4.69) is 20.8 Å². The molecule has 1 heterocycles. The van der Waals surface area contributed by atoms with Crippen LogP contribution in [-0.2, 0) is 13.2 Å². The number of tetrazole rings is 1. The molecule has 0 aliphatic rings. The van der Waals surface area contributed by atoms with Crippen LogP contribution in [0.4, 0.5) is 0 Å². The fourth-order valence-electron chi connectivity index (χ4n) is 3.34. The molecule has 0 bridgehead atoms. The monoisotopic (exact) mass is 495 g/mol. The van der Waals surface area contributed by atoms with Crippen molar-refractivity contribution < 1.29 is 9.47 Å². The summed E-state index contributed by atoms with van der Waals surface area (Å²) in [7, 11) is 0. The molecule has 0 saturated carbocycles. The second kappa shape index (κ2) is 12.4. The third-order valence-electron chi connectivity index (χ3n) is 4.96. The van der Waals surface area contributed by atoms with Crippen LogP contribution in [0.1, 0.15) is 18.1 Å². The van der Waals surface area contributed by atoms with Crippen LogP contribution in [0.15, 0.2) is 78.0 Å². The molecule has 0 radical (unpaired) electrons. The summed E-state index contributed by atoms with van der Waals surface area (Å²) in [6, 6.07) is 23.5. The highest BCUT2D eigenvalue weighted by molar-refractivity contribution is 7.99. The number of rotatable bonds is 12. The lowest BCUT2D eigenvalue weighted by Crippen LogP contribution is -2.18. The fourth-order valence-corrected chi connectivity index (χ4v) is 4.31. The van der Waals surface area contributed by atoms with Gasteiger partial charge in [-0.2, -0.15) is 4.68 Å². The molecule has 4 rings (SSSR count). The molecule has 0 amide bonds. The van der Waals surface area contributed by atoms with Crippen molar-refractivity contribution in [3.8, 4) is 17.2 Å². The molecular formula is C25H26ClN5O2S. The maximum absolute atomic E-state index is 6.30. The molecule has 0 aliphatic heterocycles. The molecule has 34 heavy (non-hydrogen) atoms. The quantitative estimate of drug-likeness (QED) is 0.214. The third-order valence-corrected chi connectivity index (χ3v) is 6.25. The van der Waals surface area contributed by atoms with Gasteiger partial charge in [0.15, 0.2) is 11.5 Å². The summed E-state index contributed by atoms with van der Waals surface area (Å²) in [5.74, 6) is 2.27. The van der Waals surface area contributed by atoms with Crippen LogP contribution in [0.2, 0.25) is 5.02 Å². The zero-order chi connectivity index (χ0) is 23.6. The first kappa shape index (κ1) is 24.1. The second-order valence-corrected chi connectivity index (χ2v) is 8.76. The smallest absolute Gasteiger partial charge is 0.214 e. The maximum atomic E-state index is 6.30. The Balaban J connectivity index is 1.34. The molecule has 1 aromatic heterocycles. The zero-order valence-electron chi connectivity index (χ0n) is 18.9. The zero-order valence-corrected chi connectivity index (χ0v) is 20.4. The number of aromatic nitrogens is 4. The average molecular weight is 496 g/mol. The number of hydrogen-bond donors (Lipinski definition) is 1. The van der Waals surface area contributed by atoms with Gasteiger partial charge in [-0.15, -0.1) is 5.10 Å². The number of thioether (sulfide) groups is 1. The van der Waals surface area contributed by atoms with E-state index in [-0.39, 0.29) is 0 Å². The van der Waals surface area contributed by atoms with E-state index in [1.165, 1.54) is 0 Å². The fraction of sp³-hybridized carbons (Fsp3) is 0.240. The van der Waals surface area contributed by atoms with E-state index in [0.29, 0.717) is 24.8 Å². The minimum Gasteiger partial charge on any atom is -0.490 e. The van der Waals surface area contributed by atoms with Gasteiger partial charge in [-0.1, -0.05) is 71.9 Å². The predicted molar refractivity (Wildman–Crippen MR) is 135 cm³/mol. The maximum Gasteiger partial charge on any atom is 0.214 e. The van der Waals surface area contributed by atoms with Crippen LogP contribution in [0.3, 0.4) is 0 Å².